The first-order valence-corrected chi connectivity index (χ1v) is 4.21. The Balaban J connectivity index is 2.07. The molecule has 1 aliphatic rings. The molecule has 1 atom stereocenters. The minimum Gasteiger partial charge on any atom is -0.369 e. The number of hydrogen-bond acceptors (Lipinski definition) is 1. The van der Waals surface area contributed by atoms with Crippen LogP contribution < -0.4 is 0 Å². The topological polar surface area (TPSA) is 12.5 Å². The van der Waals surface area contributed by atoms with E-state index in [0.29, 0.717) is 6.10 Å². The minimum absolute atomic E-state index is 0.381. The average Bonchev–Trinajstić information content (AvgIpc) is 2.87. The summed E-state index contributed by atoms with van der Waals surface area (Å²) in [5.41, 5.74) is 2.55. The molecule has 0 amide bonds. The lowest BCUT2D eigenvalue weighted by Crippen LogP contribution is -1.76. The van der Waals surface area contributed by atoms with Crippen LogP contribution in [-0.4, -0.2) is 12.7 Å². The van der Waals surface area contributed by atoms with Crippen molar-refractivity contribution in [1.29, 1.82) is 0 Å². The summed E-state index contributed by atoms with van der Waals surface area (Å²) < 4.78 is 5.07. The molecule has 0 spiro atoms. The van der Waals surface area contributed by atoms with Crippen molar-refractivity contribution in [3.8, 4) is 0 Å². The highest BCUT2D eigenvalue weighted by atomic mass is 16.6. The second-order valence-electron chi connectivity index (χ2n) is 3.14. The van der Waals surface area contributed by atoms with Crippen LogP contribution in [0.25, 0.3) is 6.08 Å². The Labute approximate surface area is 72.7 Å². The molecule has 0 aromatic heterocycles. The minimum atomic E-state index is 0.381. The van der Waals surface area contributed by atoms with Gasteiger partial charge in [0, 0.05) is 0 Å². The van der Waals surface area contributed by atoms with Crippen molar-refractivity contribution in [3.05, 3.63) is 41.5 Å². The quantitative estimate of drug-likeness (QED) is 0.605. The fraction of sp³-hybridized carbons (Fsp3) is 0.273. The number of hydrogen-bond donors (Lipinski definition) is 0. The highest BCUT2D eigenvalue weighted by Gasteiger charge is 2.17. The van der Waals surface area contributed by atoms with Gasteiger partial charge in [0.2, 0.25) is 0 Å². The largest absolute Gasteiger partial charge is 0.369 e. The molecule has 12 heavy (non-hydrogen) atoms. The van der Waals surface area contributed by atoms with E-state index in [4.69, 9.17) is 4.74 Å². The van der Waals surface area contributed by atoms with E-state index in [0.717, 1.165) is 6.61 Å². The molecule has 1 aromatic rings. The van der Waals surface area contributed by atoms with Crippen LogP contribution in [0.3, 0.4) is 0 Å². The Bertz CT molecular complexity index is 280. The Morgan fingerprint density at radius 2 is 2.00 bits per heavy atom. The van der Waals surface area contributed by atoms with E-state index in [9.17, 15) is 0 Å². The van der Waals surface area contributed by atoms with Crippen LogP contribution >= 0.6 is 0 Å². The molecule has 0 bridgehead atoms. The molecule has 0 radical (unpaired) electrons. The summed E-state index contributed by atoms with van der Waals surface area (Å²) in [6.07, 6.45) is 4.59. The molecule has 0 aliphatic carbocycles. The third-order valence-corrected chi connectivity index (χ3v) is 1.94. The molecule has 1 nitrogen and oxygen atoms in total. The molecular formula is C11H12O. The molecular weight excluding hydrogens is 148 g/mol. The second kappa shape index (κ2) is 3.11. The summed E-state index contributed by atoms with van der Waals surface area (Å²) in [6.45, 7) is 2.99. The standard InChI is InChI=1S/C11H12O/c1-9-2-4-10(5-3-9)6-7-11-8-12-11/h2-7,11H,8H2,1H3/b7-6+. The lowest BCUT2D eigenvalue weighted by Gasteiger charge is -1.93. The zero-order valence-electron chi connectivity index (χ0n) is 7.16. The first kappa shape index (κ1) is 7.56. The summed E-state index contributed by atoms with van der Waals surface area (Å²) in [5, 5.41) is 0. The zero-order valence-corrected chi connectivity index (χ0v) is 7.16. The third-order valence-electron chi connectivity index (χ3n) is 1.94. The van der Waals surface area contributed by atoms with Crippen LogP contribution in [0.2, 0.25) is 0 Å². The molecule has 1 aliphatic heterocycles. The summed E-state index contributed by atoms with van der Waals surface area (Å²) in [5.74, 6) is 0. The van der Waals surface area contributed by atoms with Crippen LogP contribution in [0.4, 0.5) is 0 Å². The van der Waals surface area contributed by atoms with Crippen LogP contribution in [0.15, 0.2) is 30.3 Å². The van der Waals surface area contributed by atoms with E-state index in [-0.39, 0.29) is 0 Å². The van der Waals surface area contributed by atoms with Gasteiger partial charge in [-0.1, -0.05) is 42.0 Å². The van der Waals surface area contributed by atoms with Crippen molar-refractivity contribution in [3.63, 3.8) is 0 Å². The number of epoxide rings is 1. The monoisotopic (exact) mass is 160 g/mol. The molecule has 1 aromatic carbocycles. The zero-order chi connectivity index (χ0) is 8.39. The van der Waals surface area contributed by atoms with Crippen LogP contribution in [0, 0.1) is 6.92 Å². The third kappa shape index (κ3) is 1.95. The van der Waals surface area contributed by atoms with Gasteiger partial charge in [-0.05, 0) is 12.5 Å². The molecule has 1 heteroatoms. The van der Waals surface area contributed by atoms with E-state index in [1.165, 1.54) is 11.1 Å². The smallest absolute Gasteiger partial charge is 0.0994 e. The molecule has 2 rings (SSSR count). The first-order valence-electron chi connectivity index (χ1n) is 4.21. The van der Waals surface area contributed by atoms with E-state index in [2.05, 4.69) is 43.3 Å². The van der Waals surface area contributed by atoms with Gasteiger partial charge >= 0.3 is 0 Å². The Kier molecular flexibility index (Phi) is 1.96. The normalized spacial score (nSPS) is 21.6. The Morgan fingerprint density at radius 3 is 2.58 bits per heavy atom. The van der Waals surface area contributed by atoms with E-state index >= 15 is 0 Å². The Morgan fingerprint density at radius 1 is 1.33 bits per heavy atom. The van der Waals surface area contributed by atoms with Crippen molar-refractivity contribution in [2.45, 2.75) is 13.0 Å². The molecule has 1 saturated heterocycles. The highest BCUT2D eigenvalue weighted by Crippen LogP contribution is 2.13. The summed E-state index contributed by atoms with van der Waals surface area (Å²) >= 11 is 0. The molecule has 0 saturated carbocycles. The first-order chi connectivity index (χ1) is 5.84. The van der Waals surface area contributed by atoms with Gasteiger partial charge in [0.15, 0.2) is 0 Å². The summed E-state index contributed by atoms with van der Waals surface area (Å²) in [4.78, 5) is 0. The number of benzene rings is 1. The lowest BCUT2D eigenvalue weighted by molar-refractivity contribution is 0.440. The van der Waals surface area contributed by atoms with E-state index < -0.39 is 0 Å². The van der Waals surface area contributed by atoms with Crippen LogP contribution in [0.5, 0.6) is 0 Å². The van der Waals surface area contributed by atoms with Gasteiger partial charge in [-0.25, -0.2) is 0 Å². The maximum atomic E-state index is 5.07. The molecule has 0 N–H and O–H groups in total. The van der Waals surface area contributed by atoms with E-state index in [1.807, 2.05) is 0 Å². The fourth-order valence-electron chi connectivity index (χ4n) is 1.06. The number of rotatable bonds is 2. The summed E-state index contributed by atoms with van der Waals surface area (Å²) in [7, 11) is 0. The fourth-order valence-corrected chi connectivity index (χ4v) is 1.06. The van der Waals surface area contributed by atoms with Crippen molar-refractivity contribution < 1.29 is 4.74 Å². The van der Waals surface area contributed by atoms with Crippen molar-refractivity contribution in [2.24, 2.45) is 0 Å². The predicted octanol–water partition coefficient (Wildman–Crippen LogP) is 2.41. The SMILES string of the molecule is Cc1ccc(/C=C/C2CO2)cc1. The van der Waals surface area contributed by atoms with Gasteiger partial charge in [-0.3, -0.25) is 0 Å². The average molecular weight is 160 g/mol. The van der Waals surface area contributed by atoms with Crippen molar-refractivity contribution >= 4 is 6.08 Å². The molecule has 1 fully saturated rings. The van der Waals surface area contributed by atoms with Crippen molar-refractivity contribution in [1.82, 2.24) is 0 Å². The van der Waals surface area contributed by atoms with Gasteiger partial charge in [-0.2, -0.15) is 0 Å². The number of ether oxygens (including phenoxy) is 1. The van der Waals surface area contributed by atoms with E-state index in [1.54, 1.807) is 0 Å². The molecule has 1 heterocycles. The maximum Gasteiger partial charge on any atom is 0.0994 e. The van der Waals surface area contributed by atoms with Crippen LogP contribution in [-0.2, 0) is 4.74 Å². The van der Waals surface area contributed by atoms with Gasteiger partial charge in [0.25, 0.3) is 0 Å². The van der Waals surface area contributed by atoms with Gasteiger partial charge in [0.05, 0.1) is 12.7 Å². The maximum absolute atomic E-state index is 5.07. The Hall–Kier alpha value is -1.08. The van der Waals surface area contributed by atoms with Gasteiger partial charge < -0.3 is 4.74 Å². The van der Waals surface area contributed by atoms with Crippen LogP contribution in [0.1, 0.15) is 11.1 Å². The second-order valence-corrected chi connectivity index (χ2v) is 3.14. The van der Waals surface area contributed by atoms with Gasteiger partial charge in [-0.15, -0.1) is 0 Å². The lowest BCUT2D eigenvalue weighted by atomic mass is 10.1. The highest BCUT2D eigenvalue weighted by molar-refractivity contribution is 5.50. The van der Waals surface area contributed by atoms with Crippen molar-refractivity contribution in [2.75, 3.05) is 6.61 Å². The van der Waals surface area contributed by atoms with Gasteiger partial charge in [0.1, 0.15) is 0 Å². The molecule has 1 unspecified atom stereocenters. The summed E-state index contributed by atoms with van der Waals surface area (Å²) in [6, 6.07) is 8.48. The predicted molar refractivity (Wildman–Crippen MR) is 50.0 cm³/mol. The molecule has 62 valence electrons. The number of aryl methyl sites for hydroxylation is 1.